The third kappa shape index (κ3) is 4.46. The van der Waals surface area contributed by atoms with Gasteiger partial charge in [-0.15, -0.1) is 0 Å². The van der Waals surface area contributed by atoms with E-state index >= 15 is 0 Å². The lowest BCUT2D eigenvalue weighted by atomic mass is 9.83. The predicted octanol–water partition coefficient (Wildman–Crippen LogP) is 1.41. The second kappa shape index (κ2) is 7.25. The van der Waals surface area contributed by atoms with Gasteiger partial charge in [-0.1, -0.05) is 19.8 Å². The van der Waals surface area contributed by atoms with E-state index in [1.807, 2.05) is 0 Å². The lowest BCUT2D eigenvalue weighted by Crippen LogP contribution is -2.60. The molecule has 2 atom stereocenters. The smallest absolute Gasteiger partial charge is 0.238 e. The average molecular weight is 267 g/mol. The Morgan fingerprint density at radius 1 is 1.16 bits per heavy atom. The molecule has 0 bridgehead atoms. The summed E-state index contributed by atoms with van der Waals surface area (Å²) in [4.78, 5) is 12.2. The maximum Gasteiger partial charge on any atom is 0.238 e. The standard InChI is InChI=1S/C15H29N3O/c1-3-4-12-5-7-13(8-6-12)18-15(19)14-10-16-11(2)9-17-14/h11-14,16-17H,3-10H2,1-2H3,(H,18,19). The molecule has 2 aliphatic rings. The summed E-state index contributed by atoms with van der Waals surface area (Å²) in [6.45, 7) is 6.02. The highest BCUT2D eigenvalue weighted by molar-refractivity contribution is 5.82. The van der Waals surface area contributed by atoms with Crippen molar-refractivity contribution < 1.29 is 4.79 Å². The second-order valence-electron chi connectivity index (χ2n) is 6.29. The number of piperazine rings is 1. The molecule has 110 valence electrons. The van der Waals surface area contributed by atoms with Gasteiger partial charge in [-0.05, 0) is 38.5 Å². The Hall–Kier alpha value is -0.610. The lowest BCUT2D eigenvalue weighted by Gasteiger charge is -2.32. The molecule has 4 nitrogen and oxygen atoms in total. The van der Waals surface area contributed by atoms with Gasteiger partial charge in [0.1, 0.15) is 0 Å². The van der Waals surface area contributed by atoms with Gasteiger partial charge in [-0.3, -0.25) is 4.79 Å². The van der Waals surface area contributed by atoms with Crippen molar-refractivity contribution in [1.82, 2.24) is 16.0 Å². The first-order chi connectivity index (χ1) is 9.19. The van der Waals surface area contributed by atoms with E-state index in [0.717, 1.165) is 31.8 Å². The number of carbonyl (C=O) groups excluding carboxylic acids is 1. The highest BCUT2D eigenvalue weighted by Gasteiger charge is 2.27. The molecule has 2 rings (SSSR count). The number of carbonyl (C=O) groups is 1. The number of amides is 1. The second-order valence-corrected chi connectivity index (χ2v) is 6.29. The van der Waals surface area contributed by atoms with E-state index in [9.17, 15) is 4.79 Å². The van der Waals surface area contributed by atoms with E-state index in [-0.39, 0.29) is 11.9 Å². The summed E-state index contributed by atoms with van der Waals surface area (Å²) in [6, 6.07) is 0.819. The van der Waals surface area contributed by atoms with Crippen LogP contribution in [0, 0.1) is 5.92 Å². The molecule has 0 aromatic carbocycles. The monoisotopic (exact) mass is 267 g/mol. The average Bonchev–Trinajstić information content (AvgIpc) is 2.42. The molecular weight excluding hydrogens is 238 g/mol. The van der Waals surface area contributed by atoms with Crippen molar-refractivity contribution in [3.63, 3.8) is 0 Å². The van der Waals surface area contributed by atoms with Gasteiger partial charge >= 0.3 is 0 Å². The molecule has 0 radical (unpaired) electrons. The molecule has 4 heteroatoms. The summed E-state index contributed by atoms with van der Waals surface area (Å²) in [5, 5.41) is 9.89. The van der Waals surface area contributed by atoms with Gasteiger partial charge in [0.2, 0.25) is 5.91 Å². The van der Waals surface area contributed by atoms with Crippen molar-refractivity contribution in [1.29, 1.82) is 0 Å². The number of rotatable bonds is 4. The maximum atomic E-state index is 12.2. The zero-order valence-electron chi connectivity index (χ0n) is 12.4. The molecule has 1 aliphatic carbocycles. The van der Waals surface area contributed by atoms with E-state index < -0.39 is 0 Å². The Morgan fingerprint density at radius 2 is 1.89 bits per heavy atom. The summed E-state index contributed by atoms with van der Waals surface area (Å²) in [5.74, 6) is 1.08. The van der Waals surface area contributed by atoms with Gasteiger partial charge in [0, 0.05) is 25.2 Å². The van der Waals surface area contributed by atoms with Crippen LogP contribution in [0.25, 0.3) is 0 Å². The van der Waals surface area contributed by atoms with Crippen LogP contribution >= 0.6 is 0 Å². The van der Waals surface area contributed by atoms with Crippen LogP contribution in [0.3, 0.4) is 0 Å². The van der Waals surface area contributed by atoms with Crippen LogP contribution in [0.5, 0.6) is 0 Å². The molecule has 0 aromatic rings. The minimum Gasteiger partial charge on any atom is -0.352 e. The Morgan fingerprint density at radius 3 is 2.47 bits per heavy atom. The van der Waals surface area contributed by atoms with Gasteiger partial charge < -0.3 is 16.0 Å². The molecule has 1 saturated heterocycles. The van der Waals surface area contributed by atoms with Crippen LogP contribution in [-0.2, 0) is 4.79 Å². The molecular formula is C15H29N3O. The van der Waals surface area contributed by atoms with Crippen LogP contribution in [-0.4, -0.2) is 37.1 Å². The van der Waals surface area contributed by atoms with Gasteiger partial charge in [-0.25, -0.2) is 0 Å². The molecule has 3 N–H and O–H groups in total. The van der Waals surface area contributed by atoms with Gasteiger partial charge in [0.15, 0.2) is 0 Å². The highest BCUT2D eigenvalue weighted by Crippen LogP contribution is 2.27. The minimum atomic E-state index is -0.0513. The van der Waals surface area contributed by atoms with Gasteiger partial charge in [0.25, 0.3) is 0 Å². The highest BCUT2D eigenvalue weighted by atomic mass is 16.2. The van der Waals surface area contributed by atoms with Crippen LogP contribution in [0.4, 0.5) is 0 Å². The molecule has 19 heavy (non-hydrogen) atoms. The van der Waals surface area contributed by atoms with E-state index in [1.54, 1.807) is 0 Å². The zero-order valence-corrected chi connectivity index (χ0v) is 12.4. The third-order valence-electron chi connectivity index (χ3n) is 4.55. The summed E-state index contributed by atoms with van der Waals surface area (Å²) < 4.78 is 0. The summed E-state index contributed by atoms with van der Waals surface area (Å²) >= 11 is 0. The minimum absolute atomic E-state index is 0.0513. The lowest BCUT2D eigenvalue weighted by molar-refractivity contribution is -0.124. The molecule has 1 saturated carbocycles. The van der Waals surface area contributed by atoms with Gasteiger partial charge in [-0.2, -0.15) is 0 Å². The molecule has 1 amide bonds. The fraction of sp³-hybridized carbons (Fsp3) is 0.933. The number of nitrogens with one attached hydrogen (secondary N) is 3. The summed E-state index contributed by atoms with van der Waals surface area (Å²) in [6.07, 6.45) is 7.53. The SMILES string of the molecule is CCCC1CCC(NC(=O)C2CNC(C)CN2)CC1. The summed E-state index contributed by atoms with van der Waals surface area (Å²) in [5.41, 5.74) is 0. The molecule has 1 aliphatic heterocycles. The first-order valence-corrected chi connectivity index (χ1v) is 7.96. The Balaban J connectivity index is 1.69. The fourth-order valence-corrected chi connectivity index (χ4v) is 3.27. The Labute approximate surface area is 117 Å². The topological polar surface area (TPSA) is 53.2 Å². The molecule has 1 heterocycles. The summed E-state index contributed by atoms with van der Waals surface area (Å²) in [7, 11) is 0. The van der Waals surface area contributed by atoms with Crippen LogP contribution < -0.4 is 16.0 Å². The van der Waals surface area contributed by atoms with Crippen molar-refractivity contribution in [2.75, 3.05) is 13.1 Å². The van der Waals surface area contributed by atoms with Crippen molar-refractivity contribution in [3.05, 3.63) is 0 Å². The van der Waals surface area contributed by atoms with Crippen molar-refractivity contribution in [3.8, 4) is 0 Å². The van der Waals surface area contributed by atoms with E-state index in [4.69, 9.17) is 0 Å². The largest absolute Gasteiger partial charge is 0.352 e. The molecule has 2 unspecified atom stereocenters. The maximum absolute atomic E-state index is 12.2. The fourth-order valence-electron chi connectivity index (χ4n) is 3.27. The number of hydrogen-bond donors (Lipinski definition) is 3. The third-order valence-corrected chi connectivity index (χ3v) is 4.55. The van der Waals surface area contributed by atoms with Crippen LogP contribution in [0.2, 0.25) is 0 Å². The van der Waals surface area contributed by atoms with Crippen LogP contribution in [0.1, 0.15) is 52.4 Å². The van der Waals surface area contributed by atoms with Gasteiger partial charge in [0.05, 0.1) is 6.04 Å². The number of hydrogen-bond acceptors (Lipinski definition) is 3. The molecule has 0 aromatic heterocycles. The van der Waals surface area contributed by atoms with E-state index in [0.29, 0.717) is 12.1 Å². The van der Waals surface area contributed by atoms with Crippen molar-refractivity contribution >= 4 is 5.91 Å². The first-order valence-electron chi connectivity index (χ1n) is 7.96. The Kier molecular flexibility index (Phi) is 5.64. The van der Waals surface area contributed by atoms with E-state index in [1.165, 1.54) is 25.7 Å². The van der Waals surface area contributed by atoms with Crippen LogP contribution in [0.15, 0.2) is 0 Å². The molecule has 0 spiro atoms. The van der Waals surface area contributed by atoms with E-state index in [2.05, 4.69) is 29.8 Å². The quantitative estimate of drug-likeness (QED) is 0.722. The van der Waals surface area contributed by atoms with Crippen molar-refractivity contribution in [2.24, 2.45) is 5.92 Å². The first kappa shape index (κ1) is 14.8. The van der Waals surface area contributed by atoms with Crippen molar-refractivity contribution in [2.45, 2.75) is 70.5 Å². The molecule has 2 fully saturated rings. The zero-order chi connectivity index (χ0) is 13.7. The normalized spacial score (nSPS) is 35.9. The Bertz CT molecular complexity index is 279. The predicted molar refractivity (Wildman–Crippen MR) is 78.1 cm³/mol.